The molecule has 2 aliphatic heterocycles. The number of methoxy groups -OCH3 is 1. The highest BCUT2D eigenvalue weighted by atomic mass is 79.9. The third kappa shape index (κ3) is 3.89. The number of nitro groups is 1. The number of anilines is 2. The second kappa shape index (κ2) is 9.37. The number of nitro benzene ring substituents is 1. The summed E-state index contributed by atoms with van der Waals surface area (Å²) in [5.74, 6) is -1.99. The van der Waals surface area contributed by atoms with E-state index in [1.165, 1.54) is 30.4 Å². The number of aromatic hydroxyl groups is 1. The molecule has 2 heterocycles. The molecule has 0 radical (unpaired) electrons. The van der Waals surface area contributed by atoms with Gasteiger partial charge < -0.3 is 9.84 Å². The molecule has 0 spiro atoms. The Morgan fingerprint density at radius 3 is 2.51 bits per heavy atom. The Kier molecular flexibility index (Phi) is 5.96. The van der Waals surface area contributed by atoms with Crippen LogP contribution in [0, 0.1) is 16.0 Å². The van der Waals surface area contributed by atoms with E-state index in [0.717, 1.165) is 15.7 Å². The number of hydrogen-bond donors (Lipinski definition) is 1. The molecule has 2 aliphatic rings. The minimum absolute atomic E-state index is 0.134. The number of phenols is 1. The summed E-state index contributed by atoms with van der Waals surface area (Å²) >= 11 is 3.33. The van der Waals surface area contributed by atoms with Crippen LogP contribution in [0.15, 0.2) is 83.3 Å². The fourth-order valence-corrected chi connectivity index (χ4v) is 5.74. The minimum Gasteiger partial charge on any atom is -0.503 e. The third-order valence-electron chi connectivity index (χ3n) is 7.03. The number of hydrogen-bond acceptors (Lipinski definition) is 8. The first-order valence-corrected chi connectivity index (χ1v) is 12.7. The topological polar surface area (TPSA) is 122 Å². The average Bonchev–Trinajstić information content (AvgIpc) is 3.45. The predicted octanol–water partition coefficient (Wildman–Crippen LogP) is 5.28. The molecule has 2 fully saturated rings. The van der Waals surface area contributed by atoms with E-state index >= 15 is 0 Å². The number of nitrogens with zero attached hydrogens (tertiary/aromatic N) is 3. The lowest BCUT2D eigenvalue weighted by atomic mass is 9.90. The van der Waals surface area contributed by atoms with Crippen molar-refractivity contribution in [1.82, 2.24) is 0 Å². The van der Waals surface area contributed by atoms with Gasteiger partial charge in [0, 0.05) is 17.5 Å². The van der Waals surface area contributed by atoms with E-state index in [1.54, 1.807) is 30.3 Å². The van der Waals surface area contributed by atoms with Gasteiger partial charge in [0.15, 0.2) is 17.6 Å². The molecule has 4 aromatic carbocycles. The molecular formula is C28H20BrN3O7. The number of fused-ring (bicyclic) bond motifs is 2. The zero-order chi connectivity index (χ0) is 27.4. The van der Waals surface area contributed by atoms with Crippen molar-refractivity contribution >= 4 is 55.6 Å². The molecule has 10 nitrogen and oxygen atoms in total. The van der Waals surface area contributed by atoms with E-state index in [-0.39, 0.29) is 17.2 Å². The third-order valence-corrected chi connectivity index (χ3v) is 7.63. The number of ether oxygens (including phenoxy) is 1. The lowest BCUT2D eigenvalue weighted by molar-refractivity contribution is -0.384. The lowest BCUT2D eigenvalue weighted by Gasteiger charge is -2.29. The highest BCUT2D eigenvalue weighted by molar-refractivity contribution is 9.10. The molecule has 1 N–H and O–H groups in total. The van der Waals surface area contributed by atoms with Gasteiger partial charge in [-0.05, 0) is 51.1 Å². The van der Waals surface area contributed by atoms with Crippen molar-refractivity contribution < 1.29 is 29.2 Å². The Balaban J connectivity index is 1.50. The van der Waals surface area contributed by atoms with Crippen LogP contribution in [0.5, 0.6) is 11.5 Å². The molecule has 4 aromatic rings. The summed E-state index contributed by atoms with van der Waals surface area (Å²) in [5.41, 5.74) is 1.07. The van der Waals surface area contributed by atoms with Gasteiger partial charge in [-0.15, -0.1) is 0 Å². The average molecular weight is 590 g/mol. The van der Waals surface area contributed by atoms with E-state index in [4.69, 9.17) is 9.57 Å². The second-order valence-electron chi connectivity index (χ2n) is 9.16. The first kappa shape index (κ1) is 24.8. The SMILES string of the molecule is COc1cc([C@@H]2[C@@H]3C(=O)N(c4cccc5ccccc45)C(=O)[C@H]3ON2c2cccc([N+](=O)[O-])c2)cc(Br)c1O. The molecule has 6 rings (SSSR count). The summed E-state index contributed by atoms with van der Waals surface area (Å²) < 4.78 is 5.63. The van der Waals surface area contributed by atoms with Crippen LogP contribution >= 0.6 is 15.9 Å². The molecule has 2 saturated heterocycles. The van der Waals surface area contributed by atoms with Gasteiger partial charge in [-0.1, -0.05) is 42.5 Å². The number of imide groups is 1. The van der Waals surface area contributed by atoms with Crippen LogP contribution in [0.3, 0.4) is 0 Å². The number of hydroxylamine groups is 1. The van der Waals surface area contributed by atoms with Crippen LogP contribution in [0.4, 0.5) is 17.1 Å². The predicted molar refractivity (Wildman–Crippen MR) is 145 cm³/mol. The zero-order valence-corrected chi connectivity index (χ0v) is 21.9. The molecule has 39 heavy (non-hydrogen) atoms. The van der Waals surface area contributed by atoms with Crippen molar-refractivity contribution in [3.8, 4) is 11.5 Å². The monoisotopic (exact) mass is 589 g/mol. The molecule has 0 aromatic heterocycles. The van der Waals surface area contributed by atoms with Gasteiger partial charge in [0.05, 0.1) is 33.9 Å². The van der Waals surface area contributed by atoms with Crippen molar-refractivity contribution in [3.05, 3.63) is 99.0 Å². The van der Waals surface area contributed by atoms with Gasteiger partial charge in [-0.3, -0.25) is 24.5 Å². The van der Waals surface area contributed by atoms with Crippen molar-refractivity contribution in [2.45, 2.75) is 12.1 Å². The number of halogens is 1. The molecule has 0 bridgehead atoms. The van der Waals surface area contributed by atoms with E-state index in [2.05, 4.69) is 15.9 Å². The Bertz CT molecular complexity index is 1670. The van der Waals surface area contributed by atoms with Gasteiger partial charge in [-0.25, -0.2) is 9.96 Å². The smallest absolute Gasteiger partial charge is 0.271 e. The summed E-state index contributed by atoms with van der Waals surface area (Å²) in [6.07, 6.45) is -1.18. The van der Waals surface area contributed by atoms with E-state index in [1.807, 2.05) is 30.3 Å². The summed E-state index contributed by atoms with van der Waals surface area (Å²) in [6.45, 7) is 0. The maximum Gasteiger partial charge on any atom is 0.271 e. The standard InChI is InChI=1S/C28H20BrN3O7/c1-38-22-13-16(12-20(29)25(22)33)24-23-26(39-31(24)17-8-5-9-18(14-17)32(36)37)28(35)30(27(23)34)21-11-4-7-15-6-2-3-10-19(15)21/h2-14,23-24,26,33H,1H3/t23-,24+,26-/m0/s1. The Hall–Kier alpha value is -4.48. The summed E-state index contributed by atoms with van der Waals surface area (Å²) in [6, 6.07) is 20.9. The highest BCUT2D eigenvalue weighted by Crippen LogP contribution is 2.50. The van der Waals surface area contributed by atoms with Crippen molar-refractivity contribution in [2.24, 2.45) is 5.92 Å². The zero-order valence-electron chi connectivity index (χ0n) is 20.4. The first-order valence-electron chi connectivity index (χ1n) is 11.9. The highest BCUT2D eigenvalue weighted by Gasteiger charge is 2.60. The molecule has 2 amide bonds. The van der Waals surface area contributed by atoms with Crippen LogP contribution in [-0.4, -0.2) is 35.1 Å². The van der Waals surface area contributed by atoms with Gasteiger partial charge >= 0.3 is 0 Å². The second-order valence-corrected chi connectivity index (χ2v) is 10.0. The fourth-order valence-electron chi connectivity index (χ4n) is 5.28. The summed E-state index contributed by atoms with van der Waals surface area (Å²) in [5, 5.41) is 24.8. The minimum atomic E-state index is -1.18. The van der Waals surface area contributed by atoms with Crippen LogP contribution in [0.1, 0.15) is 11.6 Å². The number of rotatable bonds is 5. The molecule has 11 heteroatoms. The number of amides is 2. The van der Waals surface area contributed by atoms with E-state index in [9.17, 15) is 24.8 Å². The van der Waals surface area contributed by atoms with Crippen molar-refractivity contribution in [1.29, 1.82) is 0 Å². The maximum absolute atomic E-state index is 14.1. The fraction of sp³-hybridized carbons (Fsp3) is 0.143. The van der Waals surface area contributed by atoms with Gasteiger partial charge in [0.2, 0.25) is 5.91 Å². The van der Waals surface area contributed by atoms with Crippen molar-refractivity contribution in [3.63, 3.8) is 0 Å². The Morgan fingerprint density at radius 1 is 1.00 bits per heavy atom. The van der Waals surface area contributed by atoms with Crippen LogP contribution < -0.4 is 14.7 Å². The summed E-state index contributed by atoms with van der Waals surface area (Å²) in [4.78, 5) is 46.1. The first-order chi connectivity index (χ1) is 18.8. The molecule has 196 valence electrons. The number of phenolic OH excluding ortho intramolecular Hbond substituents is 1. The Morgan fingerprint density at radius 2 is 1.74 bits per heavy atom. The number of carbonyl (C=O) groups is 2. The molecule has 0 unspecified atom stereocenters. The molecular weight excluding hydrogens is 570 g/mol. The lowest BCUT2D eigenvalue weighted by Crippen LogP contribution is -2.37. The van der Waals surface area contributed by atoms with Crippen LogP contribution in [0.2, 0.25) is 0 Å². The summed E-state index contributed by atoms with van der Waals surface area (Å²) in [7, 11) is 1.39. The van der Waals surface area contributed by atoms with E-state index in [0.29, 0.717) is 21.4 Å². The number of non-ortho nitro benzene ring substituents is 1. The Labute approximate surface area is 230 Å². The molecule has 3 atom stereocenters. The largest absolute Gasteiger partial charge is 0.503 e. The number of benzene rings is 4. The molecule has 0 aliphatic carbocycles. The maximum atomic E-state index is 14.1. The number of carbonyl (C=O) groups excluding carboxylic acids is 2. The molecule has 0 saturated carbocycles. The van der Waals surface area contributed by atoms with Gasteiger partial charge in [0.1, 0.15) is 5.92 Å². The van der Waals surface area contributed by atoms with E-state index < -0.39 is 34.8 Å². The quantitative estimate of drug-likeness (QED) is 0.189. The van der Waals surface area contributed by atoms with Crippen LogP contribution in [-0.2, 0) is 14.4 Å². The van der Waals surface area contributed by atoms with Crippen molar-refractivity contribution in [2.75, 3.05) is 17.1 Å². The normalized spacial score (nSPS) is 20.5. The van der Waals surface area contributed by atoms with Gasteiger partial charge in [0.25, 0.3) is 11.6 Å². The van der Waals surface area contributed by atoms with Gasteiger partial charge in [-0.2, -0.15) is 0 Å². The van der Waals surface area contributed by atoms with Crippen LogP contribution in [0.25, 0.3) is 10.8 Å².